The number of hydrogen-bond acceptors (Lipinski definition) is 2. The minimum absolute atomic E-state index is 0.543. The van der Waals surface area contributed by atoms with Crippen LogP contribution in [0.5, 0.6) is 0 Å². The number of nitrogens with zero attached hydrogens (tertiary/aromatic N) is 1. The average molecular weight is 213 g/mol. The third kappa shape index (κ3) is 2.46. The van der Waals surface area contributed by atoms with Crippen LogP contribution in [0.1, 0.15) is 0 Å². The van der Waals surface area contributed by atoms with Crippen molar-refractivity contribution in [3.63, 3.8) is 0 Å². The molecule has 1 saturated heterocycles. The lowest BCUT2D eigenvalue weighted by atomic mass is 10.5. The molecule has 1 heterocycles. The number of rotatable bonds is 2. The summed E-state index contributed by atoms with van der Waals surface area (Å²) in [6.45, 7) is 2.04. The highest BCUT2D eigenvalue weighted by atomic mass is 127. The van der Waals surface area contributed by atoms with Crippen LogP contribution in [0.2, 0.25) is 0 Å². The van der Waals surface area contributed by atoms with Crippen molar-refractivity contribution in [1.82, 2.24) is 3.11 Å². The van der Waals surface area contributed by atoms with Gasteiger partial charge in [-0.25, -0.2) is 3.11 Å². The van der Waals surface area contributed by atoms with Crippen molar-refractivity contribution in [1.29, 1.82) is 0 Å². The van der Waals surface area contributed by atoms with Gasteiger partial charge in [0.15, 0.2) is 0 Å². The van der Waals surface area contributed by atoms with E-state index in [0.29, 0.717) is 6.10 Å². The van der Waals surface area contributed by atoms with E-state index in [0.717, 1.165) is 13.2 Å². The van der Waals surface area contributed by atoms with Crippen molar-refractivity contribution in [3.8, 4) is 0 Å². The monoisotopic (exact) mass is 213 g/mol. The zero-order valence-corrected chi connectivity index (χ0v) is 6.38. The van der Waals surface area contributed by atoms with E-state index in [1.807, 2.05) is 7.05 Å². The quantitative estimate of drug-likeness (QED) is 0.380. The van der Waals surface area contributed by atoms with Gasteiger partial charge in [-0.05, 0) is 7.05 Å². The molecule has 2 nitrogen and oxygen atoms in total. The summed E-state index contributed by atoms with van der Waals surface area (Å²) < 4.78 is 7.08. The molecule has 0 amide bonds. The number of halogens is 1. The molecule has 7 heavy (non-hydrogen) atoms. The lowest BCUT2D eigenvalue weighted by molar-refractivity contribution is 0.380. The maximum Gasteiger partial charge on any atom is 0.0944 e. The Morgan fingerprint density at radius 2 is 2.57 bits per heavy atom. The molecule has 0 N–H and O–H groups in total. The van der Waals surface area contributed by atoms with Crippen molar-refractivity contribution in [2.75, 3.05) is 20.2 Å². The Balaban J connectivity index is 1.97. The van der Waals surface area contributed by atoms with E-state index in [2.05, 4.69) is 26.0 Å². The zero-order chi connectivity index (χ0) is 5.28. The van der Waals surface area contributed by atoms with Crippen molar-refractivity contribution >= 4 is 22.9 Å². The molecule has 1 fully saturated rings. The van der Waals surface area contributed by atoms with E-state index in [1.165, 1.54) is 0 Å². The Hall–Kier alpha value is 0.650. The molecule has 42 valence electrons. The summed E-state index contributed by atoms with van der Waals surface area (Å²) in [6.07, 6.45) is 0.543. The van der Waals surface area contributed by atoms with E-state index in [9.17, 15) is 0 Å². The smallest absolute Gasteiger partial charge is 0.0944 e. The van der Waals surface area contributed by atoms with Crippen LogP contribution in [0, 0.1) is 0 Å². The second kappa shape index (κ2) is 2.28. The van der Waals surface area contributed by atoms with Crippen LogP contribution in [0.3, 0.4) is 0 Å². The van der Waals surface area contributed by atoms with Crippen LogP contribution in [0.25, 0.3) is 0 Å². The number of ether oxygens (including phenoxy) is 1. The summed E-state index contributed by atoms with van der Waals surface area (Å²) in [4.78, 5) is 0. The Morgan fingerprint density at radius 3 is 2.71 bits per heavy atom. The molecule has 1 atom stereocenters. The summed E-state index contributed by atoms with van der Waals surface area (Å²) in [5.74, 6) is 0. The first-order valence-corrected chi connectivity index (χ1v) is 3.24. The standard InChI is InChI=1S/C4H8INO/c1-6(5)2-4-3-7-4/h4H,2-3H2,1H3. The van der Waals surface area contributed by atoms with Gasteiger partial charge < -0.3 is 4.74 Å². The van der Waals surface area contributed by atoms with Crippen molar-refractivity contribution in [2.45, 2.75) is 6.10 Å². The molecule has 3 heteroatoms. The molecule has 1 unspecified atom stereocenters. The average Bonchev–Trinajstić information content (AvgIpc) is 2.17. The zero-order valence-electron chi connectivity index (χ0n) is 4.22. The fraction of sp³-hybridized carbons (Fsp3) is 1.00. The van der Waals surface area contributed by atoms with E-state index < -0.39 is 0 Å². The maximum atomic E-state index is 4.97. The first-order chi connectivity index (χ1) is 3.29. The van der Waals surface area contributed by atoms with Gasteiger partial charge in [-0.1, -0.05) is 0 Å². The van der Waals surface area contributed by atoms with Crippen molar-refractivity contribution < 1.29 is 4.74 Å². The largest absolute Gasteiger partial charge is 0.372 e. The summed E-state index contributed by atoms with van der Waals surface area (Å²) >= 11 is 2.25. The molecule has 1 aliphatic rings. The van der Waals surface area contributed by atoms with Gasteiger partial charge in [-0.15, -0.1) is 0 Å². The molecule has 0 bridgehead atoms. The van der Waals surface area contributed by atoms with Gasteiger partial charge in [-0.3, -0.25) is 0 Å². The third-order valence-corrected chi connectivity index (χ3v) is 1.25. The second-order valence-electron chi connectivity index (χ2n) is 1.74. The first kappa shape index (κ1) is 5.78. The van der Waals surface area contributed by atoms with Crippen LogP contribution >= 0.6 is 22.9 Å². The molecule has 0 saturated carbocycles. The van der Waals surface area contributed by atoms with E-state index in [-0.39, 0.29) is 0 Å². The highest BCUT2D eigenvalue weighted by Crippen LogP contribution is 2.11. The number of hydrogen-bond donors (Lipinski definition) is 0. The van der Waals surface area contributed by atoms with Gasteiger partial charge >= 0.3 is 0 Å². The summed E-state index contributed by atoms with van der Waals surface area (Å²) in [6, 6.07) is 0. The summed E-state index contributed by atoms with van der Waals surface area (Å²) in [5.41, 5.74) is 0. The Kier molecular flexibility index (Phi) is 1.88. The van der Waals surface area contributed by atoms with Gasteiger partial charge in [0.2, 0.25) is 0 Å². The predicted molar refractivity (Wildman–Crippen MR) is 36.4 cm³/mol. The Labute approximate surface area is 57.3 Å². The number of likely N-dealkylation sites (N-methyl/N-ethyl adjacent to an activating group) is 1. The van der Waals surface area contributed by atoms with Crippen molar-refractivity contribution in [3.05, 3.63) is 0 Å². The van der Waals surface area contributed by atoms with Crippen molar-refractivity contribution in [2.24, 2.45) is 0 Å². The fourth-order valence-corrected chi connectivity index (χ4v) is 0.893. The fourth-order valence-electron chi connectivity index (χ4n) is 0.454. The molecule has 0 spiro atoms. The van der Waals surface area contributed by atoms with Gasteiger partial charge in [-0.2, -0.15) is 0 Å². The van der Waals surface area contributed by atoms with Gasteiger partial charge in [0.1, 0.15) is 0 Å². The second-order valence-corrected chi connectivity index (χ2v) is 3.39. The van der Waals surface area contributed by atoms with E-state index in [1.54, 1.807) is 0 Å². The molecular weight excluding hydrogens is 205 g/mol. The topological polar surface area (TPSA) is 15.8 Å². The summed E-state index contributed by atoms with van der Waals surface area (Å²) in [7, 11) is 2.04. The van der Waals surface area contributed by atoms with Crippen LogP contribution < -0.4 is 0 Å². The third-order valence-electron chi connectivity index (χ3n) is 0.858. The SMILES string of the molecule is CN(I)CC1CO1. The molecule has 1 rings (SSSR count). The Morgan fingerprint density at radius 1 is 2.00 bits per heavy atom. The highest BCUT2D eigenvalue weighted by Gasteiger charge is 2.22. The first-order valence-electron chi connectivity index (χ1n) is 2.27. The minimum Gasteiger partial charge on any atom is -0.372 e. The van der Waals surface area contributed by atoms with E-state index in [4.69, 9.17) is 4.74 Å². The molecular formula is C4H8INO. The molecule has 1 aliphatic heterocycles. The van der Waals surface area contributed by atoms with E-state index >= 15 is 0 Å². The predicted octanol–water partition coefficient (Wildman–Crippen LogP) is 0.667. The van der Waals surface area contributed by atoms with Crippen LogP contribution in [-0.2, 0) is 4.74 Å². The van der Waals surface area contributed by atoms with Crippen LogP contribution in [0.4, 0.5) is 0 Å². The van der Waals surface area contributed by atoms with Gasteiger partial charge in [0.05, 0.1) is 12.7 Å². The Bertz CT molecular complexity index is 62.7. The molecule has 0 aliphatic carbocycles. The lowest BCUT2D eigenvalue weighted by Gasteiger charge is -2.00. The summed E-state index contributed by atoms with van der Waals surface area (Å²) in [5, 5.41) is 0. The number of epoxide rings is 1. The molecule has 0 aromatic heterocycles. The molecule has 0 aromatic rings. The normalized spacial score (nSPS) is 28.7. The van der Waals surface area contributed by atoms with Gasteiger partial charge in [0.25, 0.3) is 0 Å². The minimum atomic E-state index is 0.543. The maximum absolute atomic E-state index is 4.97. The molecule has 0 aromatic carbocycles. The lowest BCUT2D eigenvalue weighted by Crippen LogP contribution is -2.10. The van der Waals surface area contributed by atoms with Gasteiger partial charge in [0, 0.05) is 29.4 Å². The highest BCUT2D eigenvalue weighted by molar-refractivity contribution is 14.1. The van der Waals surface area contributed by atoms with Crippen LogP contribution in [-0.4, -0.2) is 29.4 Å². The molecule has 0 radical (unpaired) electrons. The van der Waals surface area contributed by atoms with Crippen LogP contribution in [0.15, 0.2) is 0 Å².